The minimum atomic E-state index is 0.166. The monoisotopic (exact) mass is 307 g/mol. The van der Waals surface area contributed by atoms with Gasteiger partial charge in [-0.1, -0.05) is 45.0 Å². The van der Waals surface area contributed by atoms with Crippen LogP contribution in [0, 0.1) is 0 Å². The van der Waals surface area contributed by atoms with Crippen molar-refractivity contribution in [2.75, 3.05) is 5.73 Å². The van der Waals surface area contributed by atoms with E-state index in [2.05, 4.69) is 66.1 Å². The highest BCUT2D eigenvalue weighted by Crippen LogP contribution is 2.32. The van der Waals surface area contributed by atoms with Crippen molar-refractivity contribution in [1.82, 2.24) is 9.78 Å². The first kappa shape index (κ1) is 13.1. The second kappa shape index (κ2) is 4.43. The van der Waals surface area contributed by atoms with Crippen LogP contribution in [0.3, 0.4) is 0 Å². The zero-order chi connectivity index (χ0) is 13.5. The van der Waals surface area contributed by atoms with Gasteiger partial charge in [0.05, 0.1) is 4.47 Å². The lowest BCUT2D eigenvalue weighted by Gasteiger charge is -2.18. The molecule has 0 aliphatic heterocycles. The lowest BCUT2D eigenvalue weighted by atomic mass is 9.86. The van der Waals surface area contributed by atoms with Crippen LogP contribution in [0.2, 0.25) is 0 Å². The summed E-state index contributed by atoms with van der Waals surface area (Å²) in [5.41, 5.74) is 9.33. The van der Waals surface area contributed by atoms with E-state index in [1.165, 1.54) is 5.56 Å². The van der Waals surface area contributed by atoms with Gasteiger partial charge in [0.2, 0.25) is 0 Å². The Bertz CT molecular complexity index is 562. The first-order valence-electron chi connectivity index (χ1n) is 5.89. The molecular weight excluding hydrogens is 290 g/mol. The van der Waals surface area contributed by atoms with E-state index in [0.717, 1.165) is 15.7 Å². The SMILES string of the molecule is Cn1nc(-c2ccc(C(C)(C)C)cc2)c(Br)c1N. The standard InChI is InChI=1S/C14H18BrN3/c1-14(2,3)10-7-5-9(6-8-10)12-11(15)13(16)18(4)17-12/h5-8H,16H2,1-4H3. The predicted molar refractivity (Wildman–Crippen MR) is 79.5 cm³/mol. The molecule has 1 aromatic heterocycles. The van der Waals surface area contributed by atoms with E-state index < -0.39 is 0 Å². The number of hydrogen-bond donors (Lipinski definition) is 1. The van der Waals surface area contributed by atoms with Crippen molar-refractivity contribution in [1.29, 1.82) is 0 Å². The molecule has 0 radical (unpaired) electrons. The van der Waals surface area contributed by atoms with Crippen LogP contribution >= 0.6 is 15.9 Å². The fourth-order valence-corrected chi connectivity index (χ4v) is 2.39. The van der Waals surface area contributed by atoms with Crippen molar-refractivity contribution >= 4 is 21.7 Å². The molecule has 0 unspecified atom stereocenters. The van der Waals surface area contributed by atoms with Crippen LogP contribution < -0.4 is 5.73 Å². The van der Waals surface area contributed by atoms with Crippen LogP contribution in [0.5, 0.6) is 0 Å². The van der Waals surface area contributed by atoms with E-state index >= 15 is 0 Å². The lowest BCUT2D eigenvalue weighted by molar-refractivity contribution is 0.590. The Morgan fingerprint density at radius 1 is 1.17 bits per heavy atom. The largest absolute Gasteiger partial charge is 0.383 e. The van der Waals surface area contributed by atoms with Gasteiger partial charge in [0.1, 0.15) is 11.5 Å². The minimum Gasteiger partial charge on any atom is -0.383 e. The van der Waals surface area contributed by atoms with Crippen molar-refractivity contribution < 1.29 is 0 Å². The van der Waals surface area contributed by atoms with Crippen molar-refractivity contribution in [3.8, 4) is 11.3 Å². The molecule has 0 saturated heterocycles. The molecule has 4 heteroatoms. The van der Waals surface area contributed by atoms with Crippen LogP contribution in [0.25, 0.3) is 11.3 Å². The highest BCUT2D eigenvalue weighted by atomic mass is 79.9. The summed E-state index contributed by atoms with van der Waals surface area (Å²) in [6.07, 6.45) is 0. The maximum atomic E-state index is 5.89. The minimum absolute atomic E-state index is 0.166. The highest BCUT2D eigenvalue weighted by molar-refractivity contribution is 9.10. The predicted octanol–water partition coefficient (Wildman–Crippen LogP) is 3.73. The van der Waals surface area contributed by atoms with Crippen molar-refractivity contribution in [3.05, 3.63) is 34.3 Å². The zero-order valence-corrected chi connectivity index (χ0v) is 12.7. The molecule has 3 nitrogen and oxygen atoms in total. The van der Waals surface area contributed by atoms with Crippen LogP contribution in [-0.4, -0.2) is 9.78 Å². The fraction of sp³-hybridized carbons (Fsp3) is 0.357. The maximum Gasteiger partial charge on any atom is 0.136 e. The number of aromatic nitrogens is 2. The third-order valence-electron chi connectivity index (χ3n) is 3.06. The average Bonchev–Trinajstić information content (AvgIpc) is 2.56. The molecule has 0 fully saturated rings. The molecule has 2 aromatic rings. The molecular formula is C14H18BrN3. The summed E-state index contributed by atoms with van der Waals surface area (Å²) >= 11 is 3.49. The average molecular weight is 308 g/mol. The third-order valence-corrected chi connectivity index (χ3v) is 3.84. The van der Waals surface area contributed by atoms with Gasteiger partial charge in [-0.25, -0.2) is 0 Å². The molecule has 0 bridgehead atoms. The van der Waals surface area contributed by atoms with Gasteiger partial charge in [-0.15, -0.1) is 0 Å². The van der Waals surface area contributed by atoms with E-state index in [4.69, 9.17) is 5.73 Å². The Morgan fingerprint density at radius 3 is 2.11 bits per heavy atom. The molecule has 0 saturated carbocycles. The second-order valence-corrected chi connectivity index (χ2v) is 6.29. The number of rotatable bonds is 1. The third kappa shape index (κ3) is 2.29. The Morgan fingerprint density at radius 2 is 1.72 bits per heavy atom. The molecule has 18 heavy (non-hydrogen) atoms. The van der Waals surface area contributed by atoms with Crippen molar-refractivity contribution in [2.24, 2.45) is 7.05 Å². The second-order valence-electron chi connectivity index (χ2n) is 5.50. The van der Waals surface area contributed by atoms with Gasteiger partial charge < -0.3 is 5.73 Å². The van der Waals surface area contributed by atoms with Crippen LogP contribution in [0.4, 0.5) is 5.82 Å². The molecule has 1 aromatic carbocycles. The highest BCUT2D eigenvalue weighted by Gasteiger charge is 2.16. The molecule has 0 aliphatic carbocycles. The number of anilines is 1. The molecule has 0 amide bonds. The molecule has 0 spiro atoms. The van der Waals surface area contributed by atoms with Gasteiger partial charge in [-0.05, 0) is 26.9 Å². The fourth-order valence-electron chi connectivity index (χ4n) is 1.82. The van der Waals surface area contributed by atoms with Gasteiger partial charge in [0, 0.05) is 12.6 Å². The van der Waals surface area contributed by atoms with Crippen LogP contribution in [0.1, 0.15) is 26.3 Å². The van der Waals surface area contributed by atoms with Gasteiger partial charge in [0.15, 0.2) is 0 Å². The first-order chi connectivity index (χ1) is 8.30. The zero-order valence-electron chi connectivity index (χ0n) is 11.2. The Balaban J connectivity index is 2.44. The summed E-state index contributed by atoms with van der Waals surface area (Å²) < 4.78 is 2.53. The summed E-state index contributed by atoms with van der Waals surface area (Å²) in [5, 5.41) is 4.42. The summed E-state index contributed by atoms with van der Waals surface area (Å²) in [7, 11) is 1.84. The molecule has 0 atom stereocenters. The lowest BCUT2D eigenvalue weighted by Crippen LogP contribution is -2.10. The maximum absolute atomic E-state index is 5.89. The smallest absolute Gasteiger partial charge is 0.136 e. The number of nitrogen functional groups attached to an aromatic ring is 1. The Labute approximate surface area is 116 Å². The number of nitrogens with two attached hydrogens (primary N) is 1. The summed E-state index contributed by atoms with van der Waals surface area (Å²) in [6.45, 7) is 6.62. The summed E-state index contributed by atoms with van der Waals surface area (Å²) in [4.78, 5) is 0. The number of nitrogens with zero attached hydrogens (tertiary/aromatic N) is 2. The molecule has 2 rings (SSSR count). The van der Waals surface area contributed by atoms with E-state index in [9.17, 15) is 0 Å². The topological polar surface area (TPSA) is 43.8 Å². The number of aryl methyl sites for hydroxylation is 1. The van der Waals surface area contributed by atoms with E-state index in [0.29, 0.717) is 5.82 Å². The first-order valence-corrected chi connectivity index (χ1v) is 6.69. The van der Waals surface area contributed by atoms with Crippen LogP contribution in [0.15, 0.2) is 28.7 Å². The molecule has 96 valence electrons. The summed E-state index contributed by atoms with van der Waals surface area (Å²) in [5.74, 6) is 0.643. The molecule has 1 heterocycles. The summed E-state index contributed by atoms with van der Waals surface area (Å²) in [6, 6.07) is 8.47. The van der Waals surface area contributed by atoms with Crippen molar-refractivity contribution in [3.63, 3.8) is 0 Å². The number of halogens is 1. The molecule has 0 aliphatic rings. The van der Waals surface area contributed by atoms with E-state index in [1.54, 1.807) is 4.68 Å². The Hall–Kier alpha value is -1.29. The number of hydrogen-bond acceptors (Lipinski definition) is 2. The van der Waals surface area contributed by atoms with Gasteiger partial charge in [-0.2, -0.15) is 5.10 Å². The van der Waals surface area contributed by atoms with E-state index in [1.807, 2.05) is 7.05 Å². The molecule has 2 N–H and O–H groups in total. The van der Waals surface area contributed by atoms with Crippen molar-refractivity contribution in [2.45, 2.75) is 26.2 Å². The Kier molecular flexibility index (Phi) is 3.23. The normalized spacial score (nSPS) is 11.8. The number of benzene rings is 1. The van der Waals surface area contributed by atoms with Crippen LogP contribution in [-0.2, 0) is 12.5 Å². The van der Waals surface area contributed by atoms with Gasteiger partial charge in [0.25, 0.3) is 0 Å². The van der Waals surface area contributed by atoms with E-state index in [-0.39, 0.29) is 5.41 Å². The van der Waals surface area contributed by atoms with Gasteiger partial charge >= 0.3 is 0 Å². The quantitative estimate of drug-likeness (QED) is 0.872. The van der Waals surface area contributed by atoms with Gasteiger partial charge in [-0.3, -0.25) is 4.68 Å².